The van der Waals surface area contributed by atoms with Crippen molar-refractivity contribution in [2.45, 2.75) is 19.6 Å². The van der Waals surface area contributed by atoms with Crippen LogP contribution in [0, 0.1) is 13.8 Å². The lowest BCUT2D eigenvalue weighted by Crippen LogP contribution is -2.19. The van der Waals surface area contributed by atoms with Crippen LogP contribution in [0.5, 0.6) is 0 Å². The highest BCUT2D eigenvalue weighted by Gasteiger charge is 2.11. The van der Waals surface area contributed by atoms with Gasteiger partial charge in [-0.25, -0.2) is 5.43 Å². The molecule has 0 unspecified atom stereocenters. The Hall–Kier alpha value is -1.83. The molecule has 3 aromatic rings. The summed E-state index contributed by atoms with van der Waals surface area (Å²) in [6.45, 7) is 4.10. The minimum Gasteiger partial charge on any atom is -0.317 e. The summed E-state index contributed by atoms with van der Waals surface area (Å²) in [6.07, 6.45) is 1.70. The van der Waals surface area contributed by atoms with Gasteiger partial charge in [0.1, 0.15) is 0 Å². The Morgan fingerprint density at radius 3 is 2.52 bits per heavy atom. The van der Waals surface area contributed by atoms with Crippen molar-refractivity contribution in [2.24, 2.45) is 5.10 Å². The number of hydrazone groups is 1. The third kappa shape index (κ3) is 5.62. The summed E-state index contributed by atoms with van der Waals surface area (Å²) >= 11 is 8.69. The van der Waals surface area contributed by atoms with Crippen LogP contribution < -0.4 is 5.43 Å². The van der Waals surface area contributed by atoms with E-state index in [1.165, 1.54) is 5.56 Å². The van der Waals surface area contributed by atoms with Gasteiger partial charge in [0.25, 0.3) is 0 Å². The van der Waals surface area contributed by atoms with Gasteiger partial charge in [-0.1, -0.05) is 46.3 Å². The molecule has 0 radical (unpaired) electrons. The summed E-state index contributed by atoms with van der Waals surface area (Å²) in [5.41, 5.74) is 8.01. The number of aryl methyl sites for hydroxylation is 1. The van der Waals surface area contributed by atoms with Crippen LogP contribution in [0.4, 0.5) is 0 Å². The van der Waals surface area contributed by atoms with Crippen LogP contribution in [0.3, 0.4) is 0 Å². The average molecular weight is 535 g/mol. The van der Waals surface area contributed by atoms with Crippen molar-refractivity contribution in [3.8, 4) is 5.69 Å². The van der Waals surface area contributed by atoms with E-state index in [0.717, 1.165) is 37.3 Å². The van der Waals surface area contributed by atoms with Crippen molar-refractivity contribution in [3.63, 3.8) is 0 Å². The molecule has 0 aliphatic rings. The molecule has 1 aromatic heterocycles. The van der Waals surface area contributed by atoms with Crippen molar-refractivity contribution in [3.05, 3.63) is 86.1 Å². The van der Waals surface area contributed by atoms with E-state index in [1.54, 1.807) is 18.0 Å². The number of para-hydroxylation sites is 1. The lowest BCUT2D eigenvalue weighted by atomic mass is 10.2. The molecule has 4 nitrogen and oxygen atoms in total. The molecule has 0 spiro atoms. The summed E-state index contributed by atoms with van der Waals surface area (Å²) in [5, 5.41) is 4.14. The van der Waals surface area contributed by atoms with Crippen molar-refractivity contribution in [1.82, 2.24) is 9.99 Å². The maximum absolute atomic E-state index is 12.1. The summed E-state index contributed by atoms with van der Waals surface area (Å²) in [5.74, 6) is 1.01. The van der Waals surface area contributed by atoms with E-state index in [-0.39, 0.29) is 5.91 Å². The minimum atomic E-state index is -0.113. The largest absolute Gasteiger partial charge is 0.317 e. The van der Waals surface area contributed by atoms with Crippen LogP contribution >= 0.6 is 43.6 Å². The van der Waals surface area contributed by atoms with Gasteiger partial charge in [0, 0.05) is 31.6 Å². The highest BCUT2D eigenvalue weighted by atomic mass is 79.9. The molecule has 0 saturated carbocycles. The van der Waals surface area contributed by atoms with Gasteiger partial charge in [-0.15, -0.1) is 11.8 Å². The molecule has 150 valence electrons. The lowest BCUT2D eigenvalue weighted by molar-refractivity contribution is -0.118. The van der Waals surface area contributed by atoms with Gasteiger partial charge in [0.15, 0.2) is 0 Å². The fraction of sp³-hybridized carbons (Fsp3) is 0.182. The smallest absolute Gasteiger partial charge is 0.250 e. The SMILES string of the molecule is Cc1cc(/C=N\NC(=O)CSCc2ccccc2Br)c(C)n1-c1ccccc1Br. The van der Waals surface area contributed by atoms with Gasteiger partial charge in [-0.05, 0) is 59.6 Å². The van der Waals surface area contributed by atoms with E-state index in [0.29, 0.717) is 5.75 Å². The minimum absolute atomic E-state index is 0.113. The zero-order valence-corrected chi connectivity index (χ0v) is 20.1. The number of carbonyl (C=O) groups is 1. The molecule has 1 heterocycles. The first-order chi connectivity index (χ1) is 14.0. The quantitative estimate of drug-likeness (QED) is 0.298. The number of rotatable bonds is 7. The molecule has 0 aliphatic carbocycles. The van der Waals surface area contributed by atoms with E-state index in [9.17, 15) is 4.79 Å². The molecule has 1 N–H and O–H groups in total. The third-order valence-electron chi connectivity index (χ3n) is 4.41. The Balaban J connectivity index is 1.58. The first-order valence-electron chi connectivity index (χ1n) is 9.04. The molecule has 29 heavy (non-hydrogen) atoms. The predicted molar refractivity (Wildman–Crippen MR) is 129 cm³/mol. The van der Waals surface area contributed by atoms with Gasteiger partial charge >= 0.3 is 0 Å². The molecular formula is C22H21Br2N3OS. The lowest BCUT2D eigenvalue weighted by Gasteiger charge is -2.11. The van der Waals surface area contributed by atoms with Crippen molar-refractivity contribution in [1.29, 1.82) is 0 Å². The van der Waals surface area contributed by atoms with E-state index < -0.39 is 0 Å². The first kappa shape index (κ1) is 21.9. The number of amides is 1. The normalized spacial score (nSPS) is 11.2. The van der Waals surface area contributed by atoms with Crippen molar-refractivity contribution in [2.75, 3.05) is 5.75 Å². The Labute approximate surface area is 192 Å². The third-order valence-corrected chi connectivity index (χ3v) is 6.83. The second-order valence-electron chi connectivity index (χ2n) is 6.49. The maximum Gasteiger partial charge on any atom is 0.250 e. The number of hydrogen-bond donors (Lipinski definition) is 1. The summed E-state index contributed by atoms with van der Waals surface area (Å²) in [7, 11) is 0. The Morgan fingerprint density at radius 1 is 1.10 bits per heavy atom. The molecule has 0 bridgehead atoms. The molecular weight excluding hydrogens is 514 g/mol. The van der Waals surface area contributed by atoms with Gasteiger partial charge in [-0.2, -0.15) is 5.10 Å². The number of thioether (sulfide) groups is 1. The first-order valence-corrected chi connectivity index (χ1v) is 11.8. The van der Waals surface area contributed by atoms with Crippen LogP contribution in [-0.2, 0) is 10.5 Å². The molecule has 7 heteroatoms. The fourth-order valence-electron chi connectivity index (χ4n) is 3.00. The second-order valence-corrected chi connectivity index (χ2v) is 9.18. The highest BCUT2D eigenvalue weighted by molar-refractivity contribution is 9.10. The van der Waals surface area contributed by atoms with E-state index in [2.05, 4.69) is 66.0 Å². The molecule has 0 saturated heterocycles. The number of benzene rings is 2. The van der Waals surface area contributed by atoms with Crippen LogP contribution in [0.25, 0.3) is 5.69 Å². The molecule has 2 aromatic carbocycles. The maximum atomic E-state index is 12.1. The van der Waals surface area contributed by atoms with Gasteiger partial charge in [0.05, 0.1) is 17.7 Å². The summed E-state index contributed by atoms with van der Waals surface area (Å²) in [6, 6.07) is 18.2. The van der Waals surface area contributed by atoms with E-state index in [4.69, 9.17) is 0 Å². The number of halogens is 2. The zero-order chi connectivity index (χ0) is 20.8. The van der Waals surface area contributed by atoms with E-state index in [1.807, 2.05) is 49.4 Å². The highest BCUT2D eigenvalue weighted by Crippen LogP contribution is 2.26. The fourth-order valence-corrected chi connectivity index (χ4v) is 4.89. The van der Waals surface area contributed by atoms with Gasteiger partial charge in [-0.3, -0.25) is 4.79 Å². The molecule has 0 aliphatic heterocycles. The topological polar surface area (TPSA) is 46.4 Å². The van der Waals surface area contributed by atoms with Gasteiger partial charge in [0.2, 0.25) is 5.91 Å². The van der Waals surface area contributed by atoms with Gasteiger partial charge < -0.3 is 4.57 Å². The summed E-state index contributed by atoms with van der Waals surface area (Å²) < 4.78 is 4.26. The van der Waals surface area contributed by atoms with Crippen LogP contribution in [-0.4, -0.2) is 22.4 Å². The Bertz CT molecular complexity index is 1050. The second kappa shape index (κ2) is 10.3. The Morgan fingerprint density at radius 2 is 1.79 bits per heavy atom. The van der Waals surface area contributed by atoms with E-state index >= 15 is 0 Å². The molecule has 3 rings (SSSR count). The van der Waals surface area contributed by atoms with Crippen molar-refractivity contribution < 1.29 is 4.79 Å². The average Bonchev–Trinajstić information content (AvgIpc) is 2.97. The standard InChI is InChI=1S/C22H21Br2N3OS/c1-15-11-18(16(2)27(15)21-10-6-5-9-20(21)24)12-25-26-22(28)14-29-13-17-7-3-4-8-19(17)23/h3-12H,13-14H2,1-2H3,(H,26,28)/b25-12-. The predicted octanol–water partition coefficient (Wildman–Crippen LogP) is 6.00. The molecule has 1 amide bonds. The number of aromatic nitrogens is 1. The molecule has 0 atom stereocenters. The molecule has 0 fully saturated rings. The number of hydrogen-bond acceptors (Lipinski definition) is 3. The van der Waals surface area contributed by atoms with Crippen LogP contribution in [0.15, 0.2) is 68.6 Å². The van der Waals surface area contributed by atoms with Crippen LogP contribution in [0.1, 0.15) is 22.5 Å². The Kier molecular flexibility index (Phi) is 7.75. The number of carbonyl (C=O) groups excluding carboxylic acids is 1. The van der Waals surface area contributed by atoms with Crippen LogP contribution in [0.2, 0.25) is 0 Å². The zero-order valence-electron chi connectivity index (χ0n) is 16.2. The summed E-state index contributed by atoms with van der Waals surface area (Å²) in [4.78, 5) is 12.1. The number of nitrogens with one attached hydrogen (secondary N) is 1. The number of nitrogens with zero attached hydrogens (tertiary/aromatic N) is 2. The monoisotopic (exact) mass is 533 g/mol. The van der Waals surface area contributed by atoms with Crippen molar-refractivity contribution >= 4 is 55.7 Å².